The molecule has 2 rings (SSSR count). The monoisotopic (exact) mass is 292 g/mol. The Morgan fingerprint density at radius 1 is 1.43 bits per heavy atom. The van der Waals surface area contributed by atoms with E-state index < -0.39 is 17.6 Å². The minimum absolute atomic E-state index is 0.0340. The lowest BCUT2D eigenvalue weighted by Crippen LogP contribution is -2.63. The first-order valence-corrected chi connectivity index (χ1v) is 6.93. The number of aliphatic carboxylic acids is 1. The summed E-state index contributed by atoms with van der Waals surface area (Å²) in [6.07, 6.45) is 1.68. The first kappa shape index (κ1) is 15.4. The number of rotatable bonds is 2. The maximum atomic E-state index is 12.9. The van der Waals surface area contributed by atoms with Crippen molar-refractivity contribution in [2.24, 2.45) is 0 Å². The zero-order valence-corrected chi connectivity index (χ0v) is 13.1. The zero-order valence-electron chi connectivity index (χ0n) is 13.1. The number of carbonyl (C=O) groups is 2. The molecule has 0 saturated carbocycles. The van der Waals surface area contributed by atoms with Gasteiger partial charge in [-0.25, -0.2) is 14.1 Å². The lowest BCUT2D eigenvalue weighted by molar-refractivity contribution is -0.140. The number of carboxylic acid groups (broad SMARTS) is 1. The van der Waals surface area contributed by atoms with Gasteiger partial charge in [-0.2, -0.15) is 0 Å². The van der Waals surface area contributed by atoms with Crippen molar-refractivity contribution in [3.05, 3.63) is 24.0 Å². The molecule has 6 nitrogen and oxygen atoms in total. The number of hydrogen-bond acceptors (Lipinski definition) is 3. The molecule has 1 aliphatic rings. The van der Waals surface area contributed by atoms with Gasteiger partial charge in [0.25, 0.3) is 0 Å². The molecule has 2 amide bonds. The number of pyridine rings is 1. The highest BCUT2D eigenvalue weighted by Crippen LogP contribution is 2.39. The standard InChI is InChI=1S/C15H21N3O3/c1-10-6-7-11(8-16-10)18(15(2,3)4)9-12(13(19)20)17(5)14(18)21/h6-8,12H,9H2,1-5H3/p+1. The fraction of sp³-hybridized carbons (Fsp3) is 0.533. The summed E-state index contributed by atoms with van der Waals surface area (Å²) in [6, 6.07) is 2.69. The van der Waals surface area contributed by atoms with Gasteiger partial charge in [0.15, 0.2) is 11.7 Å². The van der Waals surface area contributed by atoms with Crippen molar-refractivity contribution in [1.82, 2.24) is 14.4 Å². The van der Waals surface area contributed by atoms with Crippen molar-refractivity contribution in [3.8, 4) is 0 Å². The Morgan fingerprint density at radius 3 is 2.43 bits per heavy atom. The van der Waals surface area contributed by atoms with Crippen molar-refractivity contribution in [2.45, 2.75) is 39.3 Å². The van der Waals surface area contributed by atoms with Crippen molar-refractivity contribution < 1.29 is 14.7 Å². The molecule has 6 heteroatoms. The first-order valence-electron chi connectivity index (χ1n) is 6.93. The molecule has 1 aliphatic heterocycles. The lowest BCUT2D eigenvalue weighted by atomic mass is 10.00. The Balaban J connectivity index is 2.62. The van der Waals surface area contributed by atoms with Crippen LogP contribution in [0, 0.1) is 6.92 Å². The van der Waals surface area contributed by atoms with Gasteiger partial charge in [0.2, 0.25) is 0 Å². The van der Waals surface area contributed by atoms with Crippen molar-refractivity contribution in [3.63, 3.8) is 0 Å². The Bertz CT molecular complexity index is 577. The van der Waals surface area contributed by atoms with Crippen LogP contribution >= 0.6 is 0 Å². The predicted octanol–water partition coefficient (Wildman–Crippen LogP) is 2.01. The molecule has 0 spiro atoms. The number of aryl methyl sites for hydroxylation is 1. The average molecular weight is 292 g/mol. The molecule has 21 heavy (non-hydrogen) atoms. The SMILES string of the molecule is Cc1ccc([N+]2(C(C)(C)C)CC(C(=O)O)N(C)C2=O)cn1. The van der Waals surface area contributed by atoms with Gasteiger partial charge >= 0.3 is 12.0 Å². The summed E-state index contributed by atoms with van der Waals surface area (Å²) >= 11 is 0. The first-order chi connectivity index (χ1) is 9.61. The van der Waals surface area contributed by atoms with Crippen molar-refractivity contribution >= 4 is 17.7 Å². The molecule has 0 bridgehead atoms. The Hall–Kier alpha value is -1.95. The molecule has 2 heterocycles. The number of urea groups is 1. The summed E-state index contributed by atoms with van der Waals surface area (Å²) in [4.78, 5) is 29.9. The van der Waals surface area contributed by atoms with Crippen molar-refractivity contribution in [2.75, 3.05) is 13.6 Å². The van der Waals surface area contributed by atoms with E-state index in [1.165, 1.54) is 4.90 Å². The van der Waals surface area contributed by atoms with E-state index in [0.717, 1.165) is 11.4 Å². The molecule has 114 valence electrons. The van der Waals surface area contributed by atoms with Gasteiger partial charge in [0.1, 0.15) is 12.1 Å². The van der Waals surface area contributed by atoms with E-state index in [-0.39, 0.29) is 17.1 Å². The molecule has 1 N–H and O–H groups in total. The summed E-state index contributed by atoms with van der Waals surface area (Å²) in [6.45, 7) is 7.93. The second-order valence-electron chi connectivity index (χ2n) is 6.57. The molecule has 2 atom stereocenters. The number of hydrogen-bond donors (Lipinski definition) is 1. The quantitative estimate of drug-likeness (QED) is 0.847. The molecular weight excluding hydrogens is 270 g/mol. The minimum atomic E-state index is -0.977. The van der Waals surface area contributed by atoms with Gasteiger partial charge in [-0.1, -0.05) is 0 Å². The van der Waals surface area contributed by atoms with Crippen LogP contribution in [0.15, 0.2) is 18.3 Å². The van der Waals surface area contributed by atoms with Gasteiger partial charge < -0.3 is 5.11 Å². The molecule has 2 unspecified atom stereocenters. The van der Waals surface area contributed by atoms with Crippen LogP contribution < -0.4 is 4.48 Å². The van der Waals surface area contributed by atoms with Crippen LogP contribution in [-0.4, -0.2) is 52.2 Å². The molecule has 1 fully saturated rings. The second-order valence-corrected chi connectivity index (χ2v) is 6.57. The molecule has 1 aromatic heterocycles. The highest BCUT2D eigenvalue weighted by Gasteiger charge is 2.60. The van der Waals surface area contributed by atoms with Gasteiger partial charge in [0.05, 0.1) is 6.20 Å². The summed E-state index contributed by atoms with van der Waals surface area (Å²) in [5.74, 6) is -0.977. The molecule has 1 saturated heterocycles. The summed E-state index contributed by atoms with van der Waals surface area (Å²) < 4.78 is -0.0340. The van der Waals surface area contributed by atoms with Crippen LogP contribution in [0.4, 0.5) is 10.5 Å². The third-order valence-electron chi connectivity index (χ3n) is 4.31. The van der Waals surface area contributed by atoms with Crippen LogP contribution in [-0.2, 0) is 4.79 Å². The number of likely N-dealkylation sites (N-methyl/N-ethyl adjacent to an activating group) is 1. The van der Waals surface area contributed by atoms with Crippen LogP contribution in [0.25, 0.3) is 0 Å². The fourth-order valence-corrected chi connectivity index (χ4v) is 2.96. The van der Waals surface area contributed by atoms with Crippen molar-refractivity contribution in [1.29, 1.82) is 0 Å². The molecular formula is C15H22N3O3+. The lowest BCUT2D eigenvalue weighted by Gasteiger charge is -2.41. The Kier molecular flexibility index (Phi) is 3.53. The summed E-state index contributed by atoms with van der Waals surface area (Å²) in [5.41, 5.74) is 1.13. The largest absolute Gasteiger partial charge is 0.480 e. The van der Waals surface area contributed by atoms with Gasteiger partial charge in [-0.05, 0) is 33.8 Å². The van der Waals surface area contributed by atoms with Crippen LogP contribution in [0.3, 0.4) is 0 Å². The third kappa shape index (κ3) is 2.19. The smallest absolute Gasteiger partial charge is 0.425 e. The number of quaternary nitrogens is 1. The summed E-state index contributed by atoms with van der Waals surface area (Å²) in [7, 11) is 1.55. The van der Waals surface area contributed by atoms with E-state index in [1.807, 2.05) is 39.8 Å². The van der Waals surface area contributed by atoms with Gasteiger partial charge in [0, 0.05) is 18.8 Å². The van der Waals surface area contributed by atoms with Crippen LogP contribution in [0.2, 0.25) is 0 Å². The van der Waals surface area contributed by atoms with E-state index in [2.05, 4.69) is 4.98 Å². The van der Waals surface area contributed by atoms with Gasteiger partial charge in [-0.15, -0.1) is 0 Å². The maximum absolute atomic E-state index is 12.9. The highest BCUT2D eigenvalue weighted by atomic mass is 16.4. The Labute approximate surface area is 124 Å². The number of aromatic nitrogens is 1. The maximum Gasteiger partial charge on any atom is 0.425 e. The molecule has 0 radical (unpaired) electrons. The second kappa shape index (κ2) is 4.80. The number of carboxylic acids is 1. The van der Waals surface area contributed by atoms with E-state index in [4.69, 9.17) is 0 Å². The normalized spacial score (nSPS) is 26.2. The number of carbonyl (C=O) groups excluding carboxylic acids is 1. The van der Waals surface area contributed by atoms with E-state index in [0.29, 0.717) is 0 Å². The van der Waals surface area contributed by atoms with E-state index in [9.17, 15) is 14.7 Å². The van der Waals surface area contributed by atoms with Crippen LogP contribution in [0.5, 0.6) is 0 Å². The van der Waals surface area contributed by atoms with Gasteiger partial charge in [-0.3, -0.25) is 9.88 Å². The average Bonchev–Trinajstić information content (AvgIpc) is 2.65. The van der Waals surface area contributed by atoms with E-state index >= 15 is 0 Å². The third-order valence-corrected chi connectivity index (χ3v) is 4.31. The number of nitrogens with zero attached hydrogens (tertiary/aromatic N) is 3. The Morgan fingerprint density at radius 2 is 2.05 bits per heavy atom. The predicted molar refractivity (Wildman–Crippen MR) is 80.0 cm³/mol. The number of amides is 2. The fourth-order valence-electron chi connectivity index (χ4n) is 2.96. The topological polar surface area (TPSA) is 70.5 Å². The van der Waals surface area contributed by atoms with E-state index in [1.54, 1.807) is 13.2 Å². The van der Waals surface area contributed by atoms with Crippen LogP contribution in [0.1, 0.15) is 26.5 Å². The minimum Gasteiger partial charge on any atom is -0.480 e. The molecule has 1 aromatic rings. The molecule has 0 aliphatic carbocycles. The molecule has 0 aromatic carbocycles. The summed E-state index contributed by atoms with van der Waals surface area (Å²) in [5, 5.41) is 9.37. The highest BCUT2D eigenvalue weighted by molar-refractivity contribution is 5.95. The zero-order chi connectivity index (χ0) is 16.0.